The highest BCUT2D eigenvalue weighted by molar-refractivity contribution is 7.23. The highest BCUT2D eigenvalue weighted by atomic mass is 32.1. The number of nitrogens with two attached hydrogens (primary N) is 1. The molecule has 33 heavy (non-hydrogen) atoms. The number of carbonyl (C=O) groups excluding carboxylic acids is 1. The molecule has 4 aromatic rings. The molecule has 1 aliphatic rings. The van der Waals surface area contributed by atoms with E-state index in [9.17, 15) is 4.79 Å². The fourth-order valence-corrected chi connectivity index (χ4v) is 6.46. The number of carbonyl (C=O) groups is 1. The van der Waals surface area contributed by atoms with Gasteiger partial charge in [-0.15, -0.1) is 11.3 Å². The van der Waals surface area contributed by atoms with E-state index in [1.165, 1.54) is 21.8 Å². The van der Waals surface area contributed by atoms with Crippen molar-refractivity contribution in [1.82, 2.24) is 9.88 Å². The highest BCUT2D eigenvalue weighted by Gasteiger charge is 2.27. The van der Waals surface area contributed by atoms with Gasteiger partial charge < -0.3 is 20.5 Å². The first kappa shape index (κ1) is 21.7. The molecule has 3 N–H and O–H groups in total. The fraction of sp³-hybridized carbons (Fsp3) is 0.250. The number of methoxy groups -OCH3 is 2. The molecule has 9 heteroatoms. The number of anilines is 2. The van der Waals surface area contributed by atoms with Gasteiger partial charge >= 0.3 is 0 Å². The minimum atomic E-state index is -0.410. The zero-order valence-electron chi connectivity index (χ0n) is 18.4. The van der Waals surface area contributed by atoms with Crippen molar-refractivity contribution >= 4 is 48.9 Å². The van der Waals surface area contributed by atoms with Crippen molar-refractivity contribution < 1.29 is 14.3 Å². The first-order valence-corrected chi connectivity index (χ1v) is 12.2. The second-order valence-corrected chi connectivity index (χ2v) is 9.97. The lowest BCUT2D eigenvalue weighted by molar-refractivity contribution is 0.0999. The predicted octanol–water partition coefficient (Wildman–Crippen LogP) is 4.78. The van der Waals surface area contributed by atoms with Crippen LogP contribution in [0.5, 0.6) is 11.5 Å². The van der Waals surface area contributed by atoms with E-state index in [2.05, 4.69) is 34.5 Å². The molecule has 0 fully saturated rings. The van der Waals surface area contributed by atoms with Gasteiger partial charge in [0.1, 0.15) is 22.0 Å². The van der Waals surface area contributed by atoms with Crippen LogP contribution in [0.4, 0.5) is 10.1 Å². The van der Waals surface area contributed by atoms with Gasteiger partial charge in [0.2, 0.25) is 0 Å². The smallest absolute Gasteiger partial charge is 0.251 e. The molecule has 170 valence electrons. The molecule has 0 spiro atoms. The Hall–Kier alpha value is -3.14. The summed E-state index contributed by atoms with van der Waals surface area (Å²) >= 11 is 3.07. The van der Waals surface area contributed by atoms with E-state index in [4.69, 9.17) is 20.2 Å². The molecule has 0 unspecified atom stereocenters. The van der Waals surface area contributed by atoms with E-state index in [1.807, 2.05) is 18.2 Å². The van der Waals surface area contributed by atoms with Crippen LogP contribution in [0, 0.1) is 0 Å². The van der Waals surface area contributed by atoms with Gasteiger partial charge in [0, 0.05) is 30.6 Å². The summed E-state index contributed by atoms with van der Waals surface area (Å²) in [6, 6.07) is 14.2. The van der Waals surface area contributed by atoms with Crippen LogP contribution in [-0.4, -0.2) is 36.6 Å². The molecule has 0 saturated heterocycles. The van der Waals surface area contributed by atoms with E-state index < -0.39 is 5.91 Å². The Labute approximate surface area is 199 Å². The molecule has 3 heterocycles. The maximum Gasteiger partial charge on any atom is 0.251 e. The number of nitrogens with one attached hydrogen (secondary N) is 1. The van der Waals surface area contributed by atoms with E-state index in [-0.39, 0.29) is 0 Å². The standard InChI is InChI=1S/C24H24N4O3S2/c1-30-15-10-17(31-2)21-18(11-15)33-24(26-21)27-23-20(22(25)29)16-8-9-28(13-19(16)32-23)12-14-6-4-3-5-7-14/h3-7,10-11H,8-9,12-13H2,1-2H3,(H2,25,29)(H,26,27). The third-order valence-electron chi connectivity index (χ3n) is 5.74. The Balaban J connectivity index is 1.44. The molecule has 1 aliphatic heterocycles. The summed E-state index contributed by atoms with van der Waals surface area (Å²) in [4.78, 5) is 20.7. The number of thiazole rings is 1. The van der Waals surface area contributed by atoms with Crippen molar-refractivity contribution in [3.8, 4) is 11.5 Å². The molecule has 2 aromatic heterocycles. The van der Waals surface area contributed by atoms with E-state index >= 15 is 0 Å². The van der Waals surface area contributed by atoms with Crippen molar-refractivity contribution in [2.75, 3.05) is 26.1 Å². The number of amides is 1. The Morgan fingerprint density at radius 2 is 2.00 bits per heavy atom. The summed E-state index contributed by atoms with van der Waals surface area (Å²) in [6.07, 6.45) is 0.795. The Morgan fingerprint density at radius 3 is 2.73 bits per heavy atom. The molecule has 1 amide bonds. The van der Waals surface area contributed by atoms with Gasteiger partial charge in [0.25, 0.3) is 5.91 Å². The summed E-state index contributed by atoms with van der Waals surface area (Å²) < 4.78 is 11.8. The number of benzene rings is 2. The lowest BCUT2D eigenvalue weighted by Gasteiger charge is -2.27. The highest BCUT2D eigenvalue weighted by Crippen LogP contribution is 2.41. The molecule has 0 saturated carbocycles. The maximum absolute atomic E-state index is 12.4. The number of fused-ring (bicyclic) bond motifs is 2. The quantitative estimate of drug-likeness (QED) is 0.396. The van der Waals surface area contributed by atoms with E-state index in [1.54, 1.807) is 25.6 Å². The number of rotatable bonds is 7. The summed E-state index contributed by atoms with van der Waals surface area (Å²) in [5, 5.41) is 4.79. The second kappa shape index (κ2) is 9.01. The van der Waals surface area contributed by atoms with Crippen LogP contribution in [0.2, 0.25) is 0 Å². The second-order valence-electron chi connectivity index (χ2n) is 7.84. The number of hydrogen-bond acceptors (Lipinski definition) is 8. The zero-order chi connectivity index (χ0) is 22.9. The van der Waals surface area contributed by atoms with Crippen molar-refractivity contribution in [3.05, 3.63) is 64.0 Å². The van der Waals surface area contributed by atoms with Crippen LogP contribution >= 0.6 is 22.7 Å². The fourth-order valence-electron chi connectivity index (χ4n) is 4.18. The number of nitrogens with zero attached hydrogens (tertiary/aromatic N) is 2. The van der Waals surface area contributed by atoms with Crippen LogP contribution in [0.3, 0.4) is 0 Å². The summed E-state index contributed by atoms with van der Waals surface area (Å²) in [5.74, 6) is 0.940. The van der Waals surface area contributed by atoms with Gasteiger partial charge in [-0.1, -0.05) is 41.7 Å². The van der Waals surface area contributed by atoms with Gasteiger partial charge in [-0.2, -0.15) is 0 Å². The zero-order valence-corrected chi connectivity index (χ0v) is 20.0. The van der Waals surface area contributed by atoms with Crippen molar-refractivity contribution in [3.63, 3.8) is 0 Å². The van der Waals surface area contributed by atoms with Crippen LogP contribution in [-0.2, 0) is 19.5 Å². The maximum atomic E-state index is 12.4. The van der Waals surface area contributed by atoms with Crippen LogP contribution in [0.25, 0.3) is 10.2 Å². The monoisotopic (exact) mass is 480 g/mol. The molecule has 5 rings (SSSR count). The molecule has 0 aliphatic carbocycles. The molecule has 7 nitrogen and oxygen atoms in total. The van der Waals surface area contributed by atoms with Crippen molar-refractivity contribution in [1.29, 1.82) is 0 Å². The van der Waals surface area contributed by atoms with Crippen LogP contribution < -0.4 is 20.5 Å². The first-order chi connectivity index (χ1) is 16.1. The van der Waals surface area contributed by atoms with Gasteiger partial charge in [0.05, 0.1) is 24.5 Å². The third kappa shape index (κ3) is 4.27. The van der Waals surface area contributed by atoms with Crippen LogP contribution in [0.1, 0.15) is 26.4 Å². The lowest BCUT2D eigenvalue weighted by Crippen LogP contribution is -2.30. The topological polar surface area (TPSA) is 89.7 Å². The summed E-state index contributed by atoms with van der Waals surface area (Å²) in [5.41, 5.74) is 9.48. The van der Waals surface area contributed by atoms with Crippen LogP contribution in [0.15, 0.2) is 42.5 Å². The molecular weight excluding hydrogens is 456 g/mol. The number of thiophene rings is 1. The van der Waals surface area contributed by atoms with Gasteiger partial charge in [-0.3, -0.25) is 9.69 Å². The predicted molar refractivity (Wildman–Crippen MR) is 133 cm³/mol. The normalized spacial score (nSPS) is 13.6. The molecule has 2 aromatic carbocycles. The average Bonchev–Trinajstić information content (AvgIpc) is 3.39. The summed E-state index contributed by atoms with van der Waals surface area (Å²) in [6.45, 7) is 2.56. The Bertz CT molecular complexity index is 1320. The van der Waals surface area contributed by atoms with Gasteiger partial charge in [-0.25, -0.2) is 4.98 Å². The van der Waals surface area contributed by atoms with Crippen molar-refractivity contribution in [2.24, 2.45) is 5.73 Å². The van der Waals surface area contributed by atoms with Crippen molar-refractivity contribution in [2.45, 2.75) is 19.5 Å². The number of aromatic nitrogens is 1. The number of hydrogen-bond donors (Lipinski definition) is 2. The SMILES string of the molecule is COc1cc(OC)c2nc(Nc3sc4c(c3C(N)=O)CCN(Cc3ccccc3)C4)sc2c1. The minimum absolute atomic E-state index is 0.410. The number of ether oxygens (including phenoxy) is 2. The lowest BCUT2D eigenvalue weighted by atomic mass is 10.0. The Kier molecular flexibility index (Phi) is 5.92. The van der Waals surface area contributed by atoms with Gasteiger partial charge in [0.15, 0.2) is 5.13 Å². The van der Waals surface area contributed by atoms with E-state index in [0.29, 0.717) is 22.2 Å². The molecule has 0 radical (unpaired) electrons. The minimum Gasteiger partial charge on any atom is -0.497 e. The number of primary amides is 1. The molecule has 0 bridgehead atoms. The molecular formula is C24H24N4O3S2. The van der Waals surface area contributed by atoms with E-state index in [0.717, 1.165) is 46.8 Å². The largest absolute Gasteiger partial charge is 0.497 e. The molecule has 0 atom stereocenters. The van der Waals surface area contributed by atoms with Gasteiger partial charge in [-0.05, 0) is 23.6 Å². The summed E-state index contributed by atoms with van der Waals surface area (Å²) in [7, 11) is 3.23. The first-order valence-electron chi connectivity index (χ1n) is 10.6. The third-order valence-corrected chi connectivity index (χ3v) is 7.79. The Morgan fingerprint density at radius 1 is 1.18 bits per heavy atom. The average molecular weight is 481 g/mol.